The van der Waals surface area contributed by atoms with Crippen LogP contribution in [0.1, 0.15) is 30.9 Å². The molecule has 2 rings (SSSR count). The number of benzene rings is 1. The summed E-state index contributed by atoms with van der Waals surface area (Å²) >= 11 is 0. The van der Waals surface area contributed by atoms with E-state index in [1.807, 2.05) is 31.2 Å². The smallest absolute Gasteiger partial charge is 0.117 e. The van der Waals surface area contributed by atoms with Crippen LogP contribution < -0.4 is 0 Å². The molecule has 2 unspecified atom stereocenters. The van der Waals surface area contributed by atoms with Gasteiger partial charge in [0.2, 0.25) is 0 Å². The molecule has 2 atom stereocenters. The number of piperidine rings is 1. The zero-order chi connectivity index (χ0) is 14.4. The van der Waals surface area contributed by atoms with Crippen molar-refractivity contribution in [2.75, 3.05) is 13.1 Å². The van der Waals surface area contributed by atoms with E-state index in [9.17, 15) is 4.39 Å². The summed E-state index contributed by atoms with van der Waals surface area (Å²) in [6.45, 7) is 3.88. The molecular weight excluding hydrogens is 251 g/mol. The first-order chi connectivity index (χ1) is 9.72. The molecule has 0 radical (unpaired) electrons. The lowest BCUT2D eigenvalue weighted by atomic mass is 9.92. The third kappa shape index (κ3) is 3.83. The molecule has 1 aromatic carbocycles. The number of nitriles is 1. The van der Waals surface area contributed by atoms with E-state index in [1.165, 1.54) is 5.56 Å². The lowest BCUT2D eigenvalue weighted by Crippen LogP contribution is -2.41. The molecule has 0 aromatic heterocycles. The lowest BCUT2D eigenvalue weighted by molar-refractivity contribution is 0.0821. The van der Waals surface area contributed by atoms with Gasteiger partial charge in [0.15, 0.2) is 0 Å². The van der Waals surface area contributed by atoms with Crippen LogP contribution in [0.2, 0.25) is 0 Å². The molecule has 1 aliphatic rings. The quantitative estimate of drug-likeness (QED) is 0.789. The summed E-state index contributed by atoms with van der Waals surface area (Å²) in [6, 6.07) is 10.2. The Morgan fingerprint density at radius 2 is 2.10 bits per heavy atom. The van der Waals surface area contributed by atoms with Crippen LogP contribution in [0.4, 0.5) is 4.39 Å². The van der Waals surface area contributed by atoms with Crippen molar-refractivity contribution in [3.63, 3.8) is 0 Å². The summed E-state index contributed by atoms with van der Waals surface area (Å²) in [5.74, 6) is 5.80. The lowest BCUT2D eigenvalue weighted by Gasteiger charge is -2.33. The van der Waals surface area contributed by atoms with Crippen molar-refractivity contribution in [3.8, 4) is 17.9 Å². The molecular formula is C17H19FN2. The van der Waals surface area contributed by atoms with E-state index in [-0.39, 0.29) is 5.92 Å². The third-order valence-electron chi connectivity index (χ3n) is 3.74. The molecule has 1 fully saturated rings. The molecule has 1 heterocycles. The third-order valence-corrected chi connectivity index (χ3v) is 3.74. The van der Waals surface area contributed by atoms with Crippen molar-refractivity contribution in [3.05, 3.63) is 35.4 Å². The molecule has 0 N–H and O–H groups in total. The molecule has 0 aliphatic carbocycles. The zero-order valence-corrected chi connectivity index (χ0v) is 11.8. The van der Waals surface area contributed by atoms with Crippen LogP contribution in [-0.4, -0.2) is 24.2 Å². The van der Waals surface area contributed by atoms with Crippen LogP contribution in [0.3, 0.4) is 0 Å². The van der Waals surface area contributed by atoms with Crippen molar-refractivity contribution in [2.24, 2.45) is 5.92 Å². The van der Waals surface area contributed by atoms with Gasteiger partial charge in [-0.1, -0.05) is 18.1 Å². The van der Waals surface area contributed by atoms with E-state index >= 15 is 0 Å². The fourth-order valence-corrected chi connectivity index (χ4v) is 2.60. The van der Waals surface area contributed by atoms with Crippen LogP contribution >= 0.6 is 0 Å². The highest BCUT2D eigenvalue weighted by molar-refractivity contribution is 5.35. The normalized spacial score (nSPS) is 22.6. The summed E-state index contributed by atoms with van der Waals surface area (Å²) < 4.78 is 13.9. The number of rotatable bonds is 3. The minimum absolute atomic E-state index is 0.0848. The van der Waals surface area contributed by atoms with Gasteiger partial charge in [0.05, 0.1) is 6.07 Å². The zero-order valence-electron chi connectivity index (χ0n) is 11.8. The molecule has 3 heteroatoms. The number of likely N-dealkylation sites (tertiary alicyclic amines) is 1. The summed E-state index contributed by atoms with van der Waals surface area (Å²) in [6.07, 6.45) is 0.224. The van der Waals surface area contributed by atoms with Gasteiger partial charge in [0, 0.05) is 31.0 Å². The van der Waals surface area contributed by atoms with Gasteiger partial charge in [-0.2, -0.15) is 5.26 Å². The second-order valence-corrected chi connectivity index (χ2v) is 5.23. The van der Waals surface area contributed by atoms with Gasteiger partial charge in [-0.3, -0.25) is 4.90 Å². The fraction of sp³-hybridized carbons (Fsp3) is 0.471. The van der Waals surface area contributed by atoms with Crippen LogP contribution in [0, 0.1) is 29.1 Å². The Labute approximate surface area is 120 Å². The highest BCUT2D eigenvalue weighted by atomic mass is 19.1. The van der Waals surface area contributed by atoms with E-state index in [1.54, 1.807) is 0 Å². The van der Waals surface area contributed by atoms with Gasteiger partial charge in [0.25, 0.3) is 0 Å². The number of nitrogens with zero attached hydrogens (tertiary/aromatic N) is 2. The maximum Gasteiger partial charge on any atom is 0.117 e. The highest BCUT2D eigenvalue weighted by Gasteiger charge is 2.28. The van der Waals surface area contributed by atoms with Crippen LogP contribution in [-0.2, 0) is 6.54 Å². The van der Waals surface area contributed by atoms with Crippen molar-refractivity contribution in [2.45, 2.75) is 32.5 Å². The first kappa shape index (κ1) is 14.6. The Morgan fingerprint density at radius 1 is 1.35 bits per heavy atom. The molecule has 0 saturated carbocycles. The Morgan fingerprint density at radius 3 is 2.70 bits per heavy atom. The predicted molar refractivity (Wildman–Crippen MR) is 77.5 cm³/mol. The molecule has 0 amide bonds. The Balaban J connectivity index is 1.91. The monoisotopic (exact) mass is 270 g/mol. The first-order valence-electron chi connectivity index (χ1n) is 6.98. The topological polar surface area (TPSA) is 27.0 Å². The Kier molecular flexibility index (Phi) is 5.16. The molecule has 104 valence electrons. The van der Waals surface area contributed by atoms with Crippen molar-refractivity contribution in [1.82, 2.24) is 4.90 Å². The molecule has 0 bridgehead atoms. The number of alkyl halides is 1. The molecule has 1 saturated heterocycles. The minimum Gasteiger partial charge on any atom is -0.296 e. The number of hydrogen-bond donors (Lipinski definition) is 0. The first-order valence-corrected chi connectivity index (χ1v) is 6.98. The van der Waals surface area contributed by atoms with Crippen LogP contribution in [0.15, 0.2) is 24.3 Å². The van der Waals surface area contributed by atoms with Gasteiger partial charge in [-0.15, -0.1) is 5.92 Å². The minimum atomic E-state index is -0.881. The second-order valence-electron chi connectivity index (χ2n) is 5.23. The van der Waals surface area contributed by atoms with Crippen molar-refractivity contribution >= 4 is 0 Å². The molecule has 1 aromatic rings. The van der Waals surface area contributed by atoms with Gasteiger partial charge in [-0.05, 0) is 37.6 Å². The van der Waals surface area contributed by atoms with Gasteiger partial charge >= 0.3 is 0 Å². The van der Waals surface area contributed by atoms with E-state index in [0.29, 0.717) is 13.0 Å². The Bertz CT molecular complexity index is 533. The van der Waals surface area contributed by atoms with E-state index in [2.05, 4.69) is 22.8 Å². The number of halogens is 1. The fourth-order valence-electron chi connectivity index (χ4n) is 2.60. The maximum absolute atomic E-state index is 13.9. The van der Waals surface area contributed by atoms with Gasteiger partial charge in [-0.25, -0.2) is 4.39 Å². The van der Waals surface area contributed by atoms with E-state index < -0.39 is 6.17 Å². The summed E-state index contributed by atoms with van der Waals surface area (Å²) in [5, 5.41) is 8.67. The van der Waals surface area contributed by atoms with Crippen molar-refractivity contribution < 1.29 is 4.39 Å². The molecule has 2 nitrogen and oxygen atoms in total. The van der Waals surface area contributed by atoms with Crippen LogP contribution in [0.25, 0.3) is 0 Å². The molecule has 20 heavy (non-hydrogen) atoms. The summed E-state index contributed by atoms with van der Waals surface area (Å²) in [5.41, 5.74) is 2.19. The molecule has 1 aliphatic heterocycles. The summed E-state index contributed by atoms with van der Waals surface area (Å²) in [4.78, 5) is 2.12. The maximum atomic E-state index is 13.9. The largest absolute Gasteiger partial charge is 0.296 e. The second kappa shape index (κ2) is 7.08. The van der Waals surface area contributed by atoms with Crippen molar-refractivity contribution in [1.29, 1.82) is 5.26 Å². The van der Waals surface area contributed by atoms with Crippen LogP contribution in [0.5, 0.6) is 0 Å². The SMILES string of the molecule is CC#Cc1ccc(CN2CCC(CC#N)C(F)C2)cc1. The average molecular weight is 270 g/mol. The Hall–Kier alpha value is -1.84. The predicted octanol–water partition coefficient (Wildman–Crippen LogP) is 3.13. The van der Waals surface area contributed by atoms with Gasteiger partial charge in [0.1, 0.15) is 6.17 Å². The standard InChI is InChI=1S/C17H19FN2/c1-2-3-14-4-6-15(7-5-14)12-20-11-9-16(8-10-19)17(18)13-20/h4-7,16-17H,8-9,11-13H2,1H3. The molecule has 0 spiro atoms. The highest BCUT2D eigenvalue weighted by Crippen LogP contribution is 2.24. The van der Waals surface area contributed by atoms with E-state index in [4.69, 9.17) is 5.26 Å². The van der Waals surface area contributed by atoms with Gasteiger partial charge < -0.3 is 0 Å². The average Bonchev–Trinajstić information content (AvgIpc) is 2.44. The van der Waals surface area contributed by atoms with E-state index in [0.717, 1.165) is 25.1 Å². The number of hydrogen-bond acceptors (Lipinski definition) is 2. The summed E-state index contributed by atoms with van der Waals surface area (Å²) in [7, 11) is 0.